The van der Waals surface area contributed by atoms with E-state index in [0.717, 1.165) is 9.37 Å². The number of nitrogens with zero attached hydrogens (tertiary/aromatic N) is 1. The van der Waals surface area contributed by atoms with E-state index in [4.69, 9.17) is 0 Å². The van der Waals surface area contributed by atoms with Crippen molar-refractivity contribution in [3.63, 3.8) is 0 Å². The predicted octanol–water partition coefficient (Wildman–Crippen LogP) is 1.23. The number of benzene rings is 1. The molecule has 25 heavy (non-hydrogen) atoms. The van der Waals surface area contributed by atoms with Crippen LogP contribution >= 0.6 is 15.9 Å². The molecule has 0 saturated carbocycles. The summed E-state index contributed by atoms with van der Waals surface area (Å²) in [5.41, 5.74) is -0.710. The van der Waals surface area contributed by atoms with E-state index in [0.29, 0.717) is 5.56 Å². The first kappa shape index (κ1) is 18.7. The topological polar surface area (TPSA) is 108 Å². The first-order chi connectivity index (χ1) is 11.8. The standard InChI is InChI=1S/C16H17BrN4O4/c1-3-7-18-14(24)19-12(22)9-21-13(23)16(2,20-15(21)25)10-5-4-6-11(17)8-10/h3-6,8H,1,7,9H2,2H3,(H,20,25)(H2,18,19,22,24)/t16-/m1/s1. The Bertz CT molecular complexity index is 751. The Kier molecular flexibility index (Phi) is 5.58. The molecule has 0 unspecified atom stereocenters. The number of amides is 6. The number of rotatable bonds is 5. The second kappa shape index (κ2) is 7.47. The van der Waals surface area contributed by atoms with Gasteiger partial charge in [-0.15, -0.1) is 6.58 Å². The van der Waals surface area contributed by atoms with Crippen LogP contribution < -0.4 is 16.0 Å². The van der Waals surface area contributed by atoms with Gasteiger partial charge in [0.2, 0.25) is 5.91 Å². The van der Waals surface area contributed by atoms with Gasteiger partial charge in [-0.3, -0.25) is 19.8 Å². The summed E-state index contributed by atoms with van der Waals surface area (Å²) in [5.74, 6) is -1.35. The highest BCUT2D eigenvalue weighted by atomic mass is 79.9. The summed E-state index contributed by atoms with van der Waals surface area (Å²) in [6, 6.07) is 5.52. The number of hydrogen-bond acceptors (Lipinski definition) is 4. The fourth-order valence-electron chi connectivity index (χ4n) is 2.35. The molecule has 1 heterocycles. The monoisotopic (exact) mass is 408 g/mol. The Morgan fingerprint density at radius 3 is 2.76 bits per heavy atom. The average molecular weight is 409 g/mol. The Hall–Kier alpha value is -2.68. The number of nitrogens with one attached hydrogen (secondary N) is 3. The van der Waals surface area contributed by atoms with E-state index in [1.54, 1.807) is 31.2 Å². The molecule has 3 N–H and O–H groups in total. The van der Waals surface area contributed by atoms with Crippen LogP contribution in [0.15, 0.2) is 41.4 Å². The number of carbonyl (C=O) groups is 4. The molecule has 1 saturated heterocycles. The first-order valence-corrected chi connectivity index (χ1v) is 8.16. The molecule has 1 aromatic carbocycles. The Morgan fingerprint density at radius 2 is 2.12 bits per heavy atom. The van der Waals surface area contributed by atoms with Crippen LogP contribution in [-0.2, 0) is 15.1 Å². The molecule has 1 aromatic rings. The third-order valence-electron chi connectivity index (χ3n) is 3.64. The maximum absolute atomic E-state index is 12.7. The number of halogens is 1. The summed E-state index contributed by atoms with van der Waals surface area (Å²) in [7, 11) is 0. The molecule has 1 fully saturated rings. The van der Waals surface area contributed by atoms with Gasteiger partial charge >= 0.3 is 12.1 Å². The van der Waals surface area contributed by atoms with E-state index in [9.17, 15) is 19.2 Å². The summed E-state index contributed by atoms with van der Waals surface area (Å²) in [6.45, 7) is 4.61. The number of urea groups is 2. The van der Waals surface area contributed by atoms with Crippen molar-refractivity contribution in [2.75, 3.05) is 13.1 Å². The second-order valence-corrected chi connectivity index (χ2v) is 6.42. The van der Waals surface area contributed by atoms with Gasteiger partial charge in [0.05, 0.1) is 0 Å². The molecule has 1 atom stereocenters. The molecule has 0 aromatic heterocycles. The Morgan fingerprint density at radius 1 is 1.40 bits per heavy atom. The van der Waals surface area contributed by atoms with Crippen LogP contribution in [0.1, 0.15) is 12.5 Å². The molecule has 9 heteroatoms. The van der Waals surface area contributed by atoms with E-state index < -0.39 is 36.0 Å². The van der Waals surface area contributed by atoms with Gasteiger partial charge in [0, 0.05) is 11.0 Å². The van der Waals surface area contributed by atoms with Gasteiger partial charge in [0.25, 0.3) is 5.91 Å². The molecule has 2 rings (SSSR count). The summed E-state index contributed by atoms with van der Waals surface area (Å²) in [4.78, 5) is 48.9. The third kappa shape index (κ3) is 4.05. The highest BCUT2D eigenvalue weighted by Crippen LogP contribution is 2.30. The van der Waals surface area contributed by atoms with Gasteiger partial charge in [-0.05, 0) is 24.6 Å². The number of hydrogen-bond donors (Lipinski definition) is 3. The summed E-state index contributed by atoms with van der Waals surface area (Å²) >= 11 is 3.32. The fraction of sp³-hybridized carbons (Fsp3) is 0.250. The lowest BCUT2D eigenvalue weighted by atomic mass is 9.92. The van der Waals surface area contributed by atoms with Gasteiger partial charge in [0.15, 0.2) is 0 Å². The molecular formula is C16H17BrN4O4. The average Bonchev–Trinajstić information content (AvgIpc) is 2.77. The summed E-state index contributed by atoms with van der Waals surface area (Å²) in [6.07, 6.45) is 1.45. The van der Waals surface area contributed by atoms with Crippen molar-refractivity contribution in [3.8, 4) is 0 Å². The van der Waals surface area contributed by atoms with Gasteiger partial charge in [0.1, 0.15) is 12.1 Å². The highest BCUT2D eigenvalue weighted by Gasteiger charge is 2.49. The van der Waals surface area contributed by atoms with Gasteiger partial charge < -0.3 is 10.6 Å². The zero-order valence-corrected chi connectivity index (χ0v) is 15.1. The molecule has 1 aliphatic heterocycles. The molecule has 0 bridgehead atoms. The zero-order chi connectivity index (χ0) is 18.6. The fourth-order valence-corrected chi connectivity index (χ4v) is 2.75. The molecule has 0 radical (unpaired) electrons. The molecule has 132 valence electrons. The second-order valence-electron chi connectivity index (χ2n) is 5.50. The molecule has 0 aliphatic carbocycles. The molecule has 8 nitrogen and oxygen atoms in total. The minimum Gasteiger partial charge on any atom is -0.334 e. The van der Waals surface area contributed by atoms with Gasteiger partial charge in [-0.2, -0.15) is 0 Å². The maximum Gasteiger partial charge on any atom is 0.325 e. The highest BCUT2D eigenvalue weighted by molar-refractivity contribution is 9.10. The number of imide groups is 2. The molecule has 6 amide bonds. The minimum atomic E-state index is -1.29. The Labute approximate surface area is 152 Å². The minimum absolute atomic E-state index is 0.184. The Balaban J connectivity index is 2.09. The SMILES string of the molecule is C=CCNC(=O)NC(=O)CN1C(=O)N[C@](C)(c2cccc(Br)c2)C1=O. The smallest absolute Gasteiger partial charge is 0.325 e. The van der Waals surface area contributed by atoms with E-state index in [1.165, 1.54) is 6.08 Å². The largest absolute Gasteiger partial charge is 0.334 e. The van der Waals surface area contributed by atoms with Crippen LogP contribution in [0.5, 0.6) is 0 Å². The van der Waals surface area contributed by atoms with Crippen LogP contribution in [0.25, 0.3) is 0 Å². The van der Waals surface area contributed by atoms with E-state index >= 15 is 0 Å². The van der Waals surface area contributed by atoms with Crippen LogP contribution in [-0.4, -0.2) is 41.9 Å². The lowest BCUT2D eigenvalue weighted by Crippen LogP contribution is -2.46. The normalized spacial score (nSPS) is 19.4. The summed E-state index contributed by atoms with van der Waals surface area (Å²) < 4.78 is 0.753. The van der Waals surface area contributed by atoms with Gasteiger partial charge in [-0.25, -0.2) is 9.59 Å². The van der Waals surface area contributed by atoms with Gasteiger partial charge in [-0.1, -0.05) is 34.1 Å². The van der Waals surface area contributed by atoms with Crippen LogP contribution in [0.4, 0.5) is 9.59 Å². The van der Waals surface area contributed by atoms with Crippen molar-refractivity contribution < 1.29 is 19.2 Å². The number of carbonyl (C=O) groups excluding carboxylic acids is 4. The van der Waals surface area contributed by atoms with E-state index in [1.807, 2.05) is 5.32 Å². The first-order valence-electron chi connectivity index (χ1n) is 7.36. The third-order valence-corrected chi connectivity index (χ3v) is 4.13. The molecule has 1 aliphatic rings. The van der Waals surface area contributed by atoms with Crippen molar-refractivity contribution in [2.24, 2.45) is 0 Å². The quantitative estimate of drug-likeness (QED) is 0.502. The maximum atomic E-state index is 12.7. The van der Waals surface area contributed by atoms with Crippen molar-refractivity contribution in [1.29, 1.82) is 0 Å². The zero-order valence-electron chi connectivity index (χ0n) is 13.5. The van der Waals surface area contributed by atoms with Crippen LogP contribution in [0.3, 0.4) is 0 Å². The van der Waals surface area contributed by atoms with Crippen molar-refractivity contribution in [3.05, 3.63) is 47.0 Å². The lowest BCUT2D eigenvalue weighted by Gasteiger charge is -2.22. The van der Waals surface area contributed by atoms with E-state index in [2.05, 4.69) is 33.1 Å². The predicted molar refractivity (Wildman–Crippen MR) is 93.5 cm³/mol. The molecule has 0 spiro atoms. The van der Waals surface area contributed by atoms with Crippen molar-refractivity contribution in [1.82, 2.24) is 20.9 Å². The van der Waals surface area contributed by atoms with Crippen LogP contribution in [0.2, 0.25) is 0 Å². The van der Waals surface area contributed by atoms with E-state index in [-0.39, 0.29) is 6.54 Å². The van der Waals surface area contributed by atoms with Crippen molar-refractivity contribution in [2.45, 2.75) is 12.5 Å². The lowest BCUT2D eigenvalue weighted by molar-refractivity contribution is -0.134. The van der Waals surface area contributed by atoms with Crippen molar-refractivity contribution >= 4 is 39.8 Å². The molecular weight excluding hydrogens is 392 g/mol. The summed E-state index contributed by atoms with van der Waals surface area (Å²) in [5, 5.41) is 6.99. The van der Waals surface area contributed by atoms with Crippen LogP contribution in [0, 0.1) is 0 Å².